The Kier molecular flexibility index (Phi) is 6.60. The fourth-order valence-corrected chi connectivity index (χ4v) is 4.18. The first-order valence-corrected chi connectivity index (χ1v) is 8.59. The van der Waals surface area contributed by atoms with Crippen LogP contribution in [0.5, 0.6) is 0 Å². The van der Waals surface area contributed by atoms with E-state index in [-0.39, 0.29) is 11.8 Å². The second kappa shape index (κ2) is 7.46. The van der Waals surface area contributed by atoms with Crippen molar-refractivity contribution < 1.29 is 13.2 Å². The second-order valence-corrected chi connectivity index (χ2v) is 7.51. The van der Waals surface area contributed by atoms with Gasteiger partial charge in [-0.25, -0.2) is 13.1 Å². The Bertz CT molecular complexity index is 329. The molecule has 0 radical (unpaired) electrons. The quantitative estimate of drug-likeness (QED) is 0.726. The molecule has 1 fully saturated rings. The summed E-state index contributed by atoms with van der Waals surface area (Å²) in [5, 5.41) is 0. The van der Waals surface area contributed by atoms with E-state index in [1.807, 2.05) is 0 Å². The first kappa shape index (κ1) is 15.9. The fourth-order valence-electron chi connectivity index (χ4n) is 2.67. The van der Waals surface area contributed by atoms with Gasteiger partial charge in [0.05, 0.1) is 5.75 Å². The van der Waals surface area contributed by atoms with E-state index in [9.17, 15) is 8.42 Å². The third-order valence-corrected chi connectivity index (χ3v) is 5.26. The highest BCUT2D eigenvalue weighted by atomic mass is 32.2. The van der Waals surface area contributed by atoms with Crippen LogP contribution in [0.25, 0.3) is 0 Å². The van der Waals surface area contributed by atoms with Gasteiger partial charge < -0.3 is 4.74 Å². The standard InChI is InChI=1S/C13H27NO3S/c1-11-6-7-13(12(2)10-11)14-18(15,16)9-5-4-8-17-3/h11-14H,4-10H2,1-3H3/t11-,12+,13-/m1/s1. The zero-order chi connectivity index (χ0) is 13.6. The van der Waals surface area contributed by atoms with E-state index in [2.05, 4.69) is 18.6 Å². The summed E-state index contributed by atoms with van der Waals surface area (Å²) in [6, 6.07) is 0.133. The van der Waals surface area contributed by atoms with Gasteiger partial charge in [-0.05, 0) is 43.9 Å². The summed E-state index contributed by atoms with van der Waals surface area (Å²) in [6.07, 6.45) is 4.69. The van der Waals surface area contributed by atoms with Crippen molar-refractivity contribution in [2.75, 3.05) is 19.5 Å². The third kappa shape index (κ3) is 5.67. The number of rotatable bonds is 7. The van der Waals surface area contributed by atoms with Crippen LogP contribution in [0.3, 0.4) is 0 Å². The second-order valence-electron chi connectivity index (χ2n) is 5.64. The monoisotopic (exact) mass is 277 g/mol. The predicted molar refractivity (Wildman–Crippen MR) is 74.0 cm³/mol. The molecule has 0 spiro atoms. The van der Waals surface area contributed by atoms with E-state index >= 15 is 0 Å². The van der Waals surface area contributed by atoms with Crippen molar-refractivity contribution in [2.24, 2.45) is 11.8 Å². The van der Waals surface area contributed by atoms with Crippen LogP contribution in [-0.2, 0) is 14.8 Å². The Balaban J connectivity index is 2.35. The summed E-state index contributed by atoms with van der Waals surface area (Å²) in [5.74, 6) is 1.39. The van der Waals surface area contributed by atoms with Crippen molar-refractivity contribution in [3.8, 4) is 0 Å². The maximum atomic E-state index is 11.9. The summed E-state index contributed by atoms with van der Waals surface area (Å²) >= 11 is 0. The Hall–Kier alpha value is -0.130. The molecular weight excluding hydrogens is 250 g/mol. The van der Waals surface area contributed by atoms with Crippen LogP contribution in [0.2, 0.25) is 0 Å². The average Bonchev–Trinajstić information content (AvgIpc) is 2.28. The number of unbranched alkanes of at least 4 members (excludes halogenated alkanes) is 1. The molecule has 4 nitrogen and oxygen atoms in total. The fraction of sp³-hybridized carbons (Fsp3) is 1.00. The Morgan fingerprint density at radius 3 is 2.56 bits per heavy atom. The molecule has 1 rings (SSSR count). The molecular formula is C13H27NO3S. The van der Waals surface area contributed by atoms with E-state index in [0.717, 1.165) is 31.6 Å². The number of methoxy groups -OCH3 is 1. The molecule has 1 N–H and O–H groups in total. The van der Waals surface area contributed by atoms with Crippen LogP contribution in [0.15, 0.2) is 0 Å². The average molecular weight is 277 g/mol. The van der Waals surface area contributed by atoms with Crippen molar-refractivity contribution >= 4 is 10.0 Å². The van der Waals surface area contributed by atoms with Crippen molar-refractivity contribution in [1.29, 1.82) is 0 Å². The molecule has 0 aromatic rings. The topological polar surface area (TPSA) is 55.4 Å². The van der Waals surface area contributed by atoms with Crippen molar-refractivity contribution in [2.45, 2.75) is 52.0 Å². The molecule has 1 aliphatic carbocycles. The van der Waals surface area contributed by atoms with Crippen LogP contribution < -0.4 is 4.72 Å². The van der Waals surface area contributed by atoms with Crippen LogP contribution >= 0.6 is 0 Å². The highest BCUT2D eigenvalue weighted by molar-refractivity contribution is 7.89. The molecule has 0 unspecified atom stereocenters. The largest absolute Gasteiger partial charge is 0.385 e. The number of hydrogen-bond donors (Lipinski definition) is 1. The van der Waals surface area contributed by atoms with Gasteiger partial charge >= 0.3 is 0 Å². The van der Waals surface area contributed by atoms with Gasteiger partial charge in [0.2, 0.25) is 10.0 Å². The molecule has 0 aliphatic heterocycles. The van der Waals surface area contributed by atoms with Gasteiger partial charge in [0.25, 0.3) is 0 Å². The molecule has 108 valence electrons. The predicted octanol–water partition coefficient (Wildman–Crippen LogP) is 2.16. The van der Waals surface area contributed by atoms with Gasteiger partial charge in [-0.3, -0.25) is 0 Å². The first-order valence-electron chi connectivity index (χ1n) is 6.93. The van der Waals surface area contributed by atoms with E-state index in [1.54, 1.807) is 7.11 Å². The van der Waals surface area contributed by atoms with Gasteiger partial charge in [-0.2, -0.15) is 0 Å². The summed E-state index contributed by atoms with van der Waals surface area (Å²) in [4.78, 5) is 0. The summed E-state index contributed by atoms with van der Waals surface area (Å²) in [5.41, 5.74) is 0. The first-order chi connectivity index (χ1) is 8.44. The zero-order valence-corrected chi connectivity index (χ0v) is 12.6. The maximum absolute atomic E-state index is 11.9. The minimum Gasteiger partial charge on any atom is -0.385 e. The summed E-state index contributed by atoms with van der Waals surface area (Å²) < 4.78 is 31.7. The Labute approximate surface area is 112 Å². The Morgan fingerprint density at radius 1 is 1.22 bits per heavy atom. The summed E-state index contributed by atoms with van der Waals surface area (Å²) in [6.45, 7) is 5.02. The lowest BCUT2D eigenvalue weighted by Crippen LogP contribution is -2.43. The van der Waals surface area contributed by atoms with Crippen LogP contribution in [0.4, 0.5) is 0 Å². The van der Waals surface area contributed by atoms with Crippen LogP contribution in [0, 0.1) is 11.8 Å². The van der Waals surface area contributed by atoms with Crippen molar-refractivity contribution in [3.05, 3.63) is 0 Å². The minimum atomic E-state index is -3.12. The molecule has 18 heavy (non-hydrogen) atoms. The lowest BCUT2D eigenvalue weighted by molar-refractivity contribution is 0.194. The number of nitrogens with one attached hydrogen (secondary N) is 1. The molecule has 0 heterocycles. The molecule has 0 bridgehead atoms. The normalized spacial score (nSPS) is 29.4. The highest BCUT2D eigenvalue weighted by Crippen LogP contribution is 2.28. The zero-order valence-electron chi connectivity index (χ0n) is 11.8. The summed E-state index contributed by atoms with van der Waals surface area (Å²) in [7, 11) is -1.48. The minimum absolute atomic E-state index is 0.133. The third-order valence-electron chi connectivity index (χ3n) is 3.77. The number of hydrogen-bond acceptors (Lipinski definition) is 3. The van der Waals surface area contributed by atoms with Gasteiger partial charge in [0.1, 0.15) is 0 Å². The molecule has 0 aromatic heterocycles. The maximum Gasteiger partial charge on any atom is 0.211 e. The van der Waals surface area contributed by atoms with E-state index < -0.39 is 10.0 Å². The molecule has 1 saturated carbocycles. The lowest BCUT2D eigenvalue weighted by Gasteiger charge is -2.32. The van der Waals surface area contributed by atoms with E-state index in [4.69, 9.17) is 4.74 Å². The van der Waals surface area contributed by atoms with Crippen molar-refractivity contribution in [3.63, 3.8) is 0 Å². The number of sulfonamides is 1. The molecule has 5 heteroatoms. The number of ether oxygens (including phenoxy) is 1. The molecule has 0 amide bonds. The van der Waals surface area contributed by atoms with Gasteiger partial charge in [0, 0.05) is 19.8 Å². The molecule has 1 aliphatic rings. The van der Waals surface area contributed by atoms with Gasteiger partial charge in [-0.15, -0.1) is 0 Å². The van der Waals surface area contributed by atoms with Crippen molar-refractivity contribution in [1.82, 2.24) is 4.72 Å². The van der Waals surface area contributed by atoms with Crippen LogP contribution in [-0.4, -0.2) is 33.9 Å². The molecule has 0 saturated heterocycles. The molecule has 3 atom stereocenters. The van der Waals surface area contributed by atoms with Gasteiger partial charge in [0.15, 0.2) is 0 Å². The molecule has 0 aromatic carbocycles. The SMILES string of the molecule is COCCCCS(=O)(=O)N[C@@H]1CC[C@@H](C)C[C@@H]1C. The Morgan fingerprint density at radius 2 is 1.94 bits per heavy atom. The van der Waals surface area contributed by atoms with Crippen LogP contribution in [0.1, 0.15) is 46.0 Å². The van der Waals surface area contributed by atoms with Gasteiger partial charge in [-0.1, -0.05) is 13.8 Å². The van der Waals surface area contributed by atoms with E-state index in [0.29, 0.717) is 18.9 Å². The lowest BCUT2D eigenvalue weighted by atomic mass is 9.80. The van der Waals surface area contributed by atoms with E-state index in [1.165, 1.54) is 0 Å². The smallest absolute Gasteiger partial charge is 0.211 e. The highest BCUT2D eigenvalue weighted by Gasteiger charge is 2.28.